The van der Waals surface area contributed by atoms with Crippen molar-refractivity contribution in [2.75, 3.05) is 0 Å². The van der Waals surface area contributed by atoms with Gasteiger partial charge in [0, 0.05) is 12.7 Å². The fourth-order valence-electron chi connectivity index (χ4n) is 0.781. The van der Waals surface area contributed by atoms with Gasteiger partial charge in [-0.05, 0) is 0 Å². The van der Waals surface area contributed by atoms with E-state index < -0.39 is 8.07 Å². The topological polar surface area (TPSA) is 11.3 Å². The lowest BCUT2D eigenvalue weighted by Crippen LogP contribution is -2.31. The van der Waals surface area contributed by atoms with Gasteiger partial charge >= 0.3 is 5.76 Å². The van der Waals surface area contributed by atoms with Crippen LogP contribution in [-0.2, 0) is 4.42 Å². The molecule has 0 amide bonds. The third kappa shape index (κ3) is 1.45. The minimum Gasteiger partial charge on any atom is -0.221 e. The summed E-state index contributed by atoms with van der Waals surface area (Å²) < 4.78 is 5.40. The van der Waals surface area contributed by atoms with E-state index in [2.05, 4.69) is 26.2 Å². The van der Waals surface area contributed by atoms with Crippen LogP contribution in [0.1, 0.15) is 0 Å². The first-order valence-corrected chi connectivity index (χ1v) is 6.92. The maximum absolute atomic E-state index is 5.40. The Bertz CT molecular complexity index is 218. The molecule has 10 heavy (non-hydrogen) atoms. The Morgan fingerprint density at radius 1 is 1.30 bits per heavy atom. The van der Waals surface area contributed by atoms with Crippen LogP contribution >= 0.6 is 0 Å². The second kappa shape index (κ2) is 2.20. The molecule has 0 saturated heterocycles. The average molecular weight is 153 g/mol. The molecule has 1 heterocycles. The van der Waals surface area contributed by atoms with E-state index in [-0.39, 0.29) is 0 Å². The predicted octanol–water partition coefficient (Wildman–Crippen LogP) is 2.05. The van der Waals surface area contributed by atoms with Crippen LogP contribution in [0.25, 0.3) is 0 Å². The Morgan fingerprint density at radius 2 is 1.90 bits per heavy atom. The van der Waals surface area contributed by atoms with Gasteiger partial charge in [-0.25, -0.2) is 4.42 Å². The van der Waals surface area contributed by atoms with Crippen LogP contribution in [0.15, 0.2) is 24.5 Å². The zero-order valence-corrected chi connectivity index (χ0v) is 7.77. The molecule has 0 unspecified atom stereocenters. The highest BCUT2D eigenvalue weighted by Gasteiger charge is 2.33. The molecule has 0 bridgehead atoms. The standard InChI is InChI=1S/C8H13OSi/c1-7-5-6-8(9-7)10(2,3)4/h5-6H,1H2,2-4H3/q+1. The lowest BCUT2D eigenvalue weighted by atomic mass is 10.5. The first kappa shape index (κ1) is 7.47. The Hall–Kier alpha value is -0.633. The number of carbonyl (C=O) groups excluding carboxylic acids is 1. The van der Waals surface area contributed by atoms with Gasteiger partial charge in [-0.2, -0.15) is 0 Å². The van der Waals surface area contributed by atoms with Crippen LogP contribution in [-0.4, -0.2) is 13.5 Å². The molecule has 0 aromatic heterocycles. The highest BCUT2D eigenvalue weighted by Crippen LogP contribution is 2.10. The summed E-state index contributed by atoms with van der Waals surface area (Å²) in [5.41, 5.74) is 0. The zero-order valence-electron chi connectivity index (χ0n) is 6.77. The molecule has 0 aromatic rings. The molecule has 1 aliphatic heterocycles. The van der Waals surface area contributed by atoms with Crippen LogP contribution in [0.5, 0.6) is 0 Å². The monoisotopic (exact) mass is 153 g/mol. The molecule has 0 saturated carbocycles. The van der Waals surface area contributed by atoms with Gasteiger partial charge in [0.2, 0.25) is 8.07 Å². The summed E-state index contributed by atoms with van der Waals surface area (Å²) in [4.78, 5) is 0. The highest BCUT2D eigenvalue weighted by atomic mass is 28.3. The summed E-state index contributed by atoms with van der Waals surface area (Å²) in [5, 5.41) is 1.14. The van der Waals surface area contributed by atoms with Gasteiger partial charge in [-0.1, -0.05) is 19.6 Å². The van der Waals surface area contributed by atoms with Crippen molar-refractivity contribution >= 4 is 13.5 Å². The number of hydrogen-bond donors (Lipinski definition) is 0. The summed E-state index contributed by atoms with van der Waals surface area (Å²) in [6.07, 6.45) is 3.96. The predicted molar refractivity (Wildman–Crippen MR) is 46.6 cm³/mol. The second-order valence-corrected chi connectivity index (χ2v) is 8.51. The molecule has 0 N–H and O–H groups in total. The van der Waals surface area contributed by atoms with Crippen molar-refractivity contribution in [1.29, 1.82) is 0 Å². The van der Waals surface area contributed by atoms with Crippen molar-refractivity contribution in [3.05, 3.63) is 24.5 Å². The fourth-order valence-corrected chi connectivity index (χ4v) is 1.80. The molecule has 54 valence electrons. The third-order valence-electron chi connectivity index (χ3n) is 1.40. The van der Waals surface area contributed by atoms with E-state index in [9.17, 15) is 0 Å². The molecule has 2 heteroatoms. The van der Waals surface area contributed by atoms with Crippen molar-refractivity contribution in [2.45, 2.75) is 19.6 Å². The van der Waals surface area contributed by atoms with Crippen LogP contribution in [0.2, 0.25) is 19.6 Å². The molecular weight excluding hydrogens is 140 g/mol. The first-order chi connectivity index (χ1) is 4.50. The molecule has 1 rings (SSSR count). The maximum atomic E-state index is 5.40. The summed E-state index contributed by atoms with van der Waals surface area (Å²) in [7, 11) is -1.22. The van der Waals surface area contributed by atoms with Gasteiger partial charge in [-0.3, -0.25) is 0 Å². The van der Waals surface area contributed by atoms with Crippen LogP contribution in [0.4, 0.5) is 0 Å². The van der Waals surface area contributed by atoms with Crippen molar-refractivity contribution < 1.29 is 4.42 Å². The second-order valence-electron chi connectivity index (χ2n) is 3.52. The van der Waals surface area contributed by atoms with Crippen molar-refractivity contribution in [3.8, 4) is 0 Å². The normalized spacial score (nSPS) is 17.9. The molecule has 0 aliphatic carbocycles. The molecule has 0 spiro atoms. The van der Waals surface area contributed by atoms with Gasteiger partial charge in [-0.15, -0.1) is 0 Å². The van der Waals surface area contributed by atoms with Crippen molar-refractivity contribution in [3.63, 3.8) is 0 Å². The summed E-state index contributed by atoms with van der Waals surface area (Å²) in [6, 6.07) is 0. The molecular formula is C8H13OSi+. The van der Waals surface area contributed by atoms with Crippen molar-refractivity contribution in [1.82, 2.24) is 0 Å². The first-order valence-electron chi connectivity index (χ1n) is 3.42. The van der Waals surface area contributed by atoms with Gasteiger partial charge in [0.1, 0.15) is 0 Å². The van der Waals surface area contributed by atoms with Crippen LogP contribution < -0.4 is 0 Å². The number of rotatable bonds is 1. The quantitative estimate of drug-likeness (QED) is 0.403. The molecule has 1 nitrogen and oxygen atoms in total. The molecule has 0 radical (unpaired) electrons. The lowest BCUT2D eigenvalue weighted by Gasteiger charge is -2.02. The minimum atomic E-state index is -1.22. The van der Waals surface area contributed by atoms with Gasteiger partial charge < -0.3 is 0 Å². The van der Waals surface area contributed by atoms with Gasteiger partial charge in [0.25, 0.3) is 5.41 Å². The lowest BCUT2D eigenvalue weighted by molar-refractivity contribution is -0.383. The number of hydrogen-bond acceptors (Lipinski definition) is 0. The van der Waals surface area contributed by atoms with Gasteiger partial charge in [0.15, 0.2) is 0 Å². The summed E-state index contributed by atoms with van der Waals surface area (Å²) >= 11 is 0. The van der Waals surface area contributed by atoms with E-state index in [1.807, 2.05) is 12.2 Å². The van der Waals surface area contributed by atoms with Crippen LogP contribution in [0, 0.1) is 0 Å². The average Bonchev–Trinajstić information content (AvgIpc) is 2.11. The van der Waals surface area contributed by atoms with Crippen molar-refractivity contribution in [2.24, 2.45) is 0 Å². The Balaban J connectivity index is 2.88. The molecule has 0 fully saturated rings. The zero-order chi connectivity index (χ0) is 7.78. The van der Waals surface area contributed by atoms with E-state index in [4.69, 9.17) is 4.42 Å². The molecule has 0 atom stereocenters. The summed E-state index contributed by atoms with van der Waals surface area (Å²) in [6.45, 7) is 10.5. The SMILES string of the molecule is C=C1C=CC([Si](C)(C)C)=[O+]1. The summed E-state index contributed by atoms with van der Waals surface area (Å²) in [5.74, 6) is 0.775. The van der Waals surface area contributed by atoms with E-state index in [1.165, 1.54) is 0 Å². The molecule has 1 aliphatic rings. The van der Waals surface area contributed by atoms with E-state index in [1.54, 1.807) is 0 Å². The Kier molecular flexibility index (Phi) is 1.64. The third-order valence-corrected chi connectivity index (χ3v) is 3.15. The molecule has 0 aromatic carbocycles. The number of allylic oxidation sites excluding steroid dienone is 2. The largest absolute Gasteiger partial charge is 0.345 e. The van der Waals surface area contributed by atoms with E-state index >= 15 is 0 Å². The van der Waals surface area contributed by atoms with Gasteiger partial charge in [0.05, 0.1) is 6.08 Å². The smallest absolute Gasteiger partial charge is 0.221 e. The minimum absolute atomic E-state index is 0.775. The Morgan fingerprint density at radius 3 is 2.10 bits per heavy atom. The van der Waals surface area contributed by atoms with E-state index in [0.29, 0.717) is 0 Å². The maximum Gasteiger partial charge on any atom is 0.345 e. The van der Waals surface area contributed by atoms with E-state index in [0.717, 1.165) is 11.2 Å². The highest BCUT2D eigenvalue weighted by molar-refractivity contribution is 7.05. The Labute approximate surface area is 62.8 Å². The van der Waals surface area contributed by atoms with Crippen LogP contribution in [0.3, 0.4) is 0 Å². The fraction of sp³-hybridized carbons (Fsp3) is 0.375.